The van der Waals surface area contributed by atoms with Gasteiger partial charge in [0.1, 0.15) is 5.75 Å². The van der Waals surface area contributed by atoms with Gasteiger partial charge in [-0.3, -0.25) is 4.31 Å². The zero-order valence-electron chi connectivity index (χ0n) is 15.7. The number of carbonyl (C=O) groups excluding carboxylic acids is 1. The van der Waals surface area contributed by atoms with Crippen LogP contribution in [-0.4, -0.2) is 26.7 Å². The number of hydrogen-bond acceptors (Lipinski definition) is 4. The van der Waals surface area contributed by atoms with E-state index in [9.17, 15) is 13.2 Å². The fourth-order valence-electron chi connectivity index (χ4n) is 3.31. The van der Waals surface area contributed by atoms with Gasteiger partial charge < -0.3 is 4.74 Å². The number of sulfonamides is 1. The van der Waals surface area contributed by atoms with E-state index in [2.05, 4.69) is 0 Å². The van der Waals surface area contributed by atoms with Crippen molar-refractivity contribution in [2.45, 2.75) is 27.2 Å². The zero-order valence-corrected chi connectivity index (χ0v) is 16.5. The number of ether oxygens (including phenoxy) is 1. The Balaban J connectivity index is 1.68. The molecule has 0 amide bonds. The highest BCUT2D eigenvalue weighted by Gasteiger charge is 2.28. The number of aryl methyl sites for hydroxylation is 3. The first-order valence-corrected chi connectivity index (χ1v) is 10.5. The van der Waals surface area contributed by atoms with E-state index in [1.54, 1.807) is 30.3 Å². The fourth-order valence-corrected chi connectivity index (χ4v) is 4.87. The first-order valence-electron chi connectivity index (χ1n) is 8.84. The lowest BCUT2D eigenvalue weighted by molar-refractivity contribution is -0.129. The predicted octanol–water partition coefficient (Wildman–Crippen LogP) is 3.77. The summed E-state index contributed by atoms with van der Waals surface area (Å²) in [5.41, 5.74) is 4.42. The molecule has 1 heterocycles. The highest BCUT2D eigenvalue weighted by Crippen LogP contribution is 2.26. The van der Waals surface area contributed by atoms with Gasteiger partial charge in [0.15, 0.2) is 0 Å². The summed E-state index contributed by atoms with van der Waals surface area (Å²) in [5.74, 6) is 0.333. The van der Waals surface area contributed by atoms with Crippen molar-refractivity contribution >= 4 is 27.8 Å². The first kappa shape index (κ1) is 19.2. The van der Waals surface area contributed by atoms with Crippen LogP contribution in [0.3, 0.4) is 0 Å². The van der Waals surface area contributed by atoms with Crippen molar-refractivity contribution in [3.63, 3.8) is 0 Å². The molecule has 2 aromatic rings. The Morgan fingerprint density at radius 2 is 1.70 bits per heavy atom. The average molecular weight is 385 g/mol. The summed E-state index contributed by atoms with van der Waals surface area (Å²) >= 11 is 0. The summed E-state index contributed by atoms with van der Waals surface area (Å²) in [6.45, 7) is 6.34. The van der Waals surface area contributed by atoms with E-state index in [0.29, 0.717) is 24.4 Å². The van der Waals surface area contributed by atoms with E-state index < -0.39 is 16.0 Å². The lowest BCUT2D eigenvalue weighted by atomic mass is 10.1. The van der Waals surface area contributed by atoms with E-state index in [1.807, 2.05) is 32.9 Å². The van der Waals surface area contributed by atoms with Gasteiger partial charge in [-0.15, -0.1) is 0 Å². The SMILES string of the molecule is Cc1cc(C)c(OC(=O)/C=C/c2ccc(N3CCCS3(=O)=O)cc2)c(C)c1. The molecule has 0 atom stereocenters. The molecule has 1 saturated heterocycles. The Kier molecular flexibility index (Phi) is 5.37. The third kappa shape index (κ3) is 4.39. The summed E-state index contributed by atoms with van der Waals surface area (Å²) in [5, 5.41) is 0. The molecule has 0 aliphatic carbocycles. The molecule has 0 saturated carbocycles. The lowest BCUT2D eigenvalue weighted by Crippen LogP contribution is -2.24. The molecule has 0 N–H and O–H groups in total. The van der Waals surface area contributed by atoms with Crippen molar-refractivity contribution in [3.8, 4) is 5.75 Å². The second kappa shape index (κ2) is 7.56. The predicted molar refractivity (Wildman–Crippen MR) is 108 cm³/mol. The molecule has 2 aromatic carbocycles. The maximum Gasteiger partial charge on any atom is 0.336 e. The number of carbonyl (C=O) groups is 1. The van der Waals surface area contributed by atoms with Crippen molar-refractivity contribution in [2.24, 2.45) is 0 Å². The van der Waals surface area contributed by atoms with Gasteiger partial charge in [0, 0.05) is 12.6 Å². The molecule has 0 unspecified atom stereocenters. The smallest absolute Gasteiger partial charge is 0.336 e. The lowest BCUT2D eigenvalue weighted by Gasteiger charge is -2.16. The minimum atomic E-state index is -3.18. The number of benzene rings is 2. The van der Waals surface area contributed by atoms with Gasteiger partial charge in [-0.25, -0.2) is 13.2 Å². The van der Waals surface area contributed by atoms with Crippen LogP contribution in [0.5, 0.6) is 5.75 Å². The number of esters is 1. The van der Waals surface area contributed by atoms with Crippen LogP contribution < -0.4 is 9.04 Å². The van der Waals surface area contributed by atoms with Gasteiger partial charge >= 0.3 is 5.97 Å². The maximum absolute atomic E-state index is 12.1. The number of hydrogen-bond donors (Lipinski definition) is 0. The van der Waals surface area contributed by atoms with Crippen LogP contribution in [0.15, 0.2) is 42.5 Å². The van der Waals surface area contributed by atoms with Crippen molar-refractivity contribution in [3.05, 3.63) is 64.7 Å². The van der Waals surface area contributed by atoms with Crippen molar-refractivity contribution in [1.29, 1.82) is 0 Å². The highest BCUT2D eigenvalue weighted by atomic mass is 32.2. The highest BCUT2D eigenvalue weighted by molar-refractivity contribution is 7.93. The molecular weight excluding hydrogens is 362 g/mol. The molecule has 1 aliphatic heterocycles. The Hall–Kier alpha value is -2.60. The Morgan fingerprint density at radius 3 is 2.26 bits per heavy atom. The molecule has 0 spiro atoms. The average Bonchev–Trinajstić information content (AvgIpc) is 2.96. The van der Waals surface area contributed by atoms with E-state index in [-0.39, 0.29) is 5.75 Å². The summed E-state index contributed by atoms with van der Waals surface area (Å²) in [6, 6.07) is 11.0. The molecule has 0 radical (unpaired) electrons. The summed E-state index contributed by atoms with van der Waals surface area (Å²) in [6.07, 6.45) is 3.68. The van der Waals surface area contributed by atoms with Crippen molar-refractivity contribution < 1.29 is 17.9 Å². The molecule has 6 heteroatoms. The summed E-state index contributed by atoms with van der Waals surface area (Å²) < 4.78 is 30.8. The Bertz CT molecular complexity index is 968. The van der Waals surface area contributed by atoms with Crippen LogP contribution in [0.25, 0.3) is 6.08 Å². The standard InChI is InChI=1S/C21H23NO4S/c1-15-13-16(2)21(17(3)14-15)26-20(23)10-7-18-5-8-19(9-6-18)22-11-4-12-27(22,24)25/h5-10,13-14H,4,11-12H2,1-3H3/b10-7+. The molecule has 27 heavy (non-hydrogen) atoms. The molecule has 5 nitrogen and oxygen atoms in total. The Labute approximate surface area is 160 Å². The zero-order chi connectivity index (χ0) is 19.6. The second-order valence-corrected chi connectivity index (χ2v) is 8.83. The van der Waals surface area contributed by atoms with Crippen LogP contribution in [0.4, 0.5) is 5.69 Å². The van der Waals surface area contributed by atoms with Crippen LogP contribution in [0, 0.1) is 20.8 Å². The third-order valence-corrected chi connectivity index (χ3v) is 6.37. The second-order valence-electron chi connectivity index (χ2n) is 6.82. The van der Waals surface area contributed by atoms with Gasteiger partial charge in [0.2, 0.25) is 10.0 Å². The summed E-state index contributed by atoms with van der Waals surface area (Å²) in [4.78, 5) is 12.1. The van der Waals surface area contributed by atoms with E-state index >= 15 is 0 Å². The van der Waals surface area contributed by atoms with Crippen LogP contribution in [-0.2, 0) is 14.8 Å². The third-order valence-electron chi connectivity index (χ3n) is 4.50. The quantitative estimate of drug-likeness (QED) is 0.457. The largest absolute Gasteiger partial charge is 0.423 e. The molecule has 1 fully saturated rings. The van der Waals surface area contributed by atoms with E-state index in [4.69, 9.17) is 4.74 Å². The minimum absolute atomic E-state index is 0.193. The normalized spacial score (nSPS) is 16.0. The summed E-state index contributed by atoms with van der Waals surface area (Å²) in [7, 11) is -3.18. The maximum atomic E-state index is 12.1. The van der Waals surface area contributed by atoms with Crippen LogP contribution >= 0.6 is 0 Å². The van der Waals surface area contributed by atoms with Gasteiger partial charge in [0.25, 0.3) is 0 Å². The first-order chi connectivity index (χ1) is 12.8. The molecule has 0 bridgehead atoms. The monoisotopic (exact) mass is 385 g/mol. The molecule has 0 aromatic heterocycles. The fraction of sp³-hybridized carbons (Fsp3) is 0.286. The minimum Gasteiger partial charge on any atom is -0.423 e. The van der Waals surface area contributed by atoms with Gasteiger partial charge in [-0.2, -0.15) is 0 Å². The molecule has 1 aliphatic rings. The van der Waals surface area contributed by atoms with E-state index in [0.717, 1.165) is 22.3 Å². The molecule has 142 valence electrons. The topological polar surface area (TPSA) is 63.7 Å². The van der Waals surface area contributed by atoms with Gasteiger partial charge in [-0.1, -0.05) is 29.8 Å². The van der Waals surface area contributed by atoms with Gasteiger partial charge in [-0.05, 0) is 62.1 Å². The van der Waals surface area contributed by atoms with Crippen molar-refractivity contribution in [1.82, 2.24) is 0 Å². The molecule has 3 rings (SSSR count). The van der Waals surface area contributed by atoms with Crippen LogP contribution in [0.2, 0.25) is 0 Å². The van der Waals surface area contributed by atoms with Crippen molar-refractivity contribution in [2.75, 3.05) is 16.6 Å². The van der Waals surface area contributed by atoms with E-state index in [1.165, 1.54) is 10.4 Å². The molecular formula is C21H23NO4S. The Morgan fingerprint density at radius 1 is 1.07 bits per heavy atom. The van der Waals surface area contributed by atoms with Crippen LogP contribution in [0.1, 0.15) is 28.7 Å². The van der Waals surface area contributed by atoms with Gasteiger partial charge in [0.05, 0.1) is 11.4 Å². The number of nitrogens with zero attached hydrogens (tertiary/aromatic N) is 1. The number of anilines is 1. The number of rotatable bonds is 4.